The van der Waals surface area contributed by atoms with Crippen molar-refractivity contribution in [2.45, 2.75) is 339 Å². The molecule has 1 fully saturated rings. The second-order valence-electron chi connectivity index (χ2n) is 20.9. The van der Waals surface area contributed by atoms with Crippen LogP contribution in [0.2, 0.25) is 0 Å². The molecule has 406 valence electrons. The molecule has 1 rings (SSSR count). The molecule has 6 unspecified atom stereocenters. The first kappa shape index (κ1) is 65.4. The third-order valence-corrected chi connectivity index (χ3v) is 15.4. The smallest absolute Gasteiger partial charge is 0.391 e. The third kappa shape index (κ3) is 35.5. The molecule has 0 bridgehead atoms. The van der Waals surface area contributed by atoms with E-state index in [9.17, 15) is 44.9 Å². The van der Waals surface area contributed by atoms with Crippen LogP contribution in [0.1, 0.15) is 290 Å². The van der Waals surface area contributed by atoms with Crippen LogP contribution in [0.15, 0.2) is 0 Å². The number of rotatable bonds is 50. The second-order valence-corrected chi connectivity index (χ2v) is 22.3. The number of hydrogen-bond donors (Lipinski definition) is 8. The molecule has 9 atom stereocenters. The van der Waals surface area contributed by atoms with Crippen molar-refractivity contribution in [1.82, 2.24) is 5.32 Å². The van der Waals surface area contributed by atoms with E-state index in [0.717, 1.165) is 38.5 Å². The van der Waals surface area contributed by atoms with Gasteiger partial charge in [0.15, 0.2) is 0 Å². The summed E-state index contributed by atoms with van der Waals surface area (Å²) < 4.78 is 23.0. The fraction of sp³-hybridized carbons (Fsp3) is 0.982. The number of phosphoric ester groups is 1. The Kier molecular flexibility index (Phi) is 43.2. The minimum absolute atomic E-state index is 0.243. The summed E-state index contributed by atoms with van der Waals surface area (Å²) in [4.78, 5) is 23.5. The van der Waals surface area contributed by atoms with Crippen molar-refractivity contribution < 1.29 is 53.9 Å². The lowest BCUT2D eigenvalue weighted by atomic mass is 9.85. The first-order valence-electron chi connectivity index (χ1n) is 29.0. The standard InChI is InChI=1S/C55H110NO11P/c1-3-5-7-9-11-13-15-16-17-18-19-20-21-22-23-24-25-26-27-28-29-30-31-32-33-35-37-39-41-43-45-49(58)56-47(48(57)44-42-40-38-36-34-14-12-10-8-6-4-2)46-66-68(64,65)67-55-53(62)51(60)50(59)52(61)54(55)63/h47-48,50-55,57,59-63H,3-46H2,1-2H3,(H,56,58)(H,64,65)/t47-,48+,50?,51+,52?,53?,54?,55?/m0/s1. The monoisotopic (exact) mass is 992 g/mol. The fourth-order valence-electron chi connectivity index (χ4n) is 9.74. The molecule has 1 aliphatic rings. The maximum absolute atomic E-state index is 13.0. The van der Waals surface area contributed by atoms with Gasteiger partial charge in [0, 0.05) is 6.42 Å². The van der Waals surface area contributed by atoms with Crippen molar-refractivity contribution >= 4 is 13.7 Å². The molecule has 0 heterocycles. The summed E-state index contributed by atoms with van der Waals surface area (Å²) in [6.07, 6.45) is 40.3. The lowest BCUT2D eigenvalue weighted by Gasteiger charge is -2.41. The first-order valence-corrected chi connectivity index (χ1v) is 30.5. The van der Waals surface area contributed by atoms with E-state index in [2.05, 4.69) is 19.2 Å². The molecule has 0 aromatic rings. The van der Waals surface area contributed by atoms with Crippen molar-refractivity contribution in [2.75, 3.05) is 6.61 Å². The molecule has 0 aliphatic heterocycles. The van der Waals surface area contributed by atoms with Crippen LogP contribution in [-0.4, -0.2) is 96.8 Å². The Morgan fingerprint density at radius 2 is 0.706 bits per heavy atom. The van der Waals surface area contributed by atoms with Crippen LogP contribution in [0, 0.1) is 0 Å². The SMILES string of the molecule is CCCCCCCCCCCCCCCCCCCCCCCCCCCCCCCCC(=O)N[C@@H](COP(=O)(O)OC1C(O)C(O)C(O)[C@@H](O)C1O)[C@H](O)CCCCCCCCCCCCC. The van der Waals surface area contributed by atoms with Crippen molar-refractivity contribution in [3.8, 4) is 0 Å². The summed E-state index contributed by atoms with van der Waals surface area (Å²) in [7, 11) is -5.05. The first-order chi connectivity index (χ1) is 32.9. The maximum Gasteiger partial charge on any atom is 0.472 e. The summed E-state index contributed by atoms with van der Waals surface area (Å²) in [5.41, 5.74) is 0. The zero-order valence-electron chi connectivity index (χ0n) is 43.9. The number of aliphatic hydroxyl groups is 6. The summed E-state index contributed by atoms with van der Waals surface area (Å²) in [5, 5.41) is 64.3. The number of aliphatic hydroxyl groups excluding tert-OH is 6. The van der Waals surface area contributed by atoms with E-state index in [1.807, 2.05) is 0 Å². The molecule has 0 aromatic carbocycles. The van der Waals surface area contributed by atoms with Gasteiger partial charge in [-0.15, -0.1) is 0 Å². The molecule has 1 saturated carbocycles. The Morgan fingerprint density at radius 3 is 1.01 bits per heavy atom. The summed E-state index contributed by atoms with van der Waals surface area (Å²) in [6, 6.07) is -1.03. The Morgan fingerprint density at radius 1 is 0.441 bits per heavy atom. The van der Waals surface area contributed by atoms with Crippen molar-refractivity contribution in [2.24, 2.45) is 0 Å². The van der Waals surface area contributed by atoms with Crippen molar-refractivity contribution in [3.63, 3.8) is 0 Å². The van der Waals surface area contributed by atoms with Crippen LogP contribution in [0.3, 0.4) is 0 Å². The highest BCUT2D eigenvalue weighted by molar-refractivity contribution is 7.47. The van der Waals surface area contributed by atoms with Crippen molar-refractivity contribution in [3.05, 3.63) is 0 Å². The highest BCUT2D eigenvalue weighted by Crippen LogP contribution is 2.47. The summed E-state index contributed by atoms with van der Waals surface area (Å²) in [5.74, 6) is -0.302. The number of hydrogen-bond acceptors (Lipinski definition) is 10. The van der Waals surface area contributed by atoms with Gasteiger partial charge in [-0.3, -0.25) is 13.8 Å². The van der Waals surface area contributed by atoms with E-state index in [4.69, 9.17) is 9.05 Å². The zero-order valence-corrected chi connectivity index (χ0v) is 44.8. The average Bonchev–Trinajstić information content (AvgIpc) is 3.32. The predicted octanol–water partition coefficient (Wildman–Crippen LogP) is 13.0. The molecular weight excluding hydrogens is 882 g/mol. The van der Waals surface area contributed by atoms with Gasteiger partial charge in [-0.2, -0.15) is 0 Å². The Labute approximate surface area is 416 Å². The summed E-state index contributed by atoms with van der Waals surface area (Å²) >= 11 is 0. The fourth-order valence-corrected chi connectivity index (χ4v) is 10.7. The van der Waals surface area contributed by atoms with Crippen LogP contribution in [0.5, 0.6) is 0 Å². The Bertz CT molecular complexity index is 1150. The zero-order chi connectivity index (χ0) is 49.9. The van der Waals surface area contributed by atoms with Gasteiger partial charge in [-0.05, 0) is 12.8 Å². The average molecular weight is 992 g/mol. The maximum atomic E-state index is 13.0. The van der Waals surface area contributed by atoms with E-state index < -0.39 is 63.2 Å². The van der Waals surface area contributed by atoms with E-state index in [1.54, 1.807) is 0 Å². The quantitative estimate of drug-likeness (QED) is 0.0213. The largest absolute Gasteiger partial charge is 0.472 e. The number of phosphoric acid groups is 1. The third-order valence-electron chi connectivity index (χ3n) is 14.4. The van der Waals surface area contributed by atoms with Gasteiger partial charge in [0.2, 0.25) is 5.91 Å². The van der Waals surface area contributed by atoms with Gasteiger partial charge < -0.3 is 40.8 Å². The number of carbonyl (C=O) groups is 1. The Hall–Kier alpha value is -0.660. The highest BCUT2D eigenvalue weighted by atomic mass is 31.2. The highest BCUT2D eigenvalue weighted by Gasteiger charge is 2.51. The number of unbranched alkanes of at least 4 members (excludes halogenated alkanes) is 39. The van der Waals surface area contributed by atoms with Crippen LogP contribution in [0.4, 0.5) is 0 Å². The minimum Gasteiger partial charge on any atom is -0.391 e. The van der Waals surface area contributed by atoms with E-state index in [1.165, 1.54) is 212 Å². The Balaban J connectivity index is 2.19. The molecule has 1 amide bonds. The predicted molar refractivity (Wildman–Crippen MR) is 279 cm³/mol. The molecule has 0 radical (unpaired) electrons. The van der Waals surface area contributed by atoms with Crippen molar-refractivity contribution in [1.29, 1.82) is 0 Å². The van der Waals surface area contributed by atoms with E-state index >= 15 is 0 Å². The lowest BCUT2D eigenvalue weighted by Crippen LogP contribution is -2.64. The van der Waals surface area contributed by atoms with Gasteiger partial charge >= 0.3 is 7.82 Å². The molecule has 0 aromatic heterocycles. The molecule has 12 nitrogen and oxygen atoms in total. The molecule has 8 N–H and O–H groups in total. The van der Waals surface area contributed by atoms with Gasteiger partial charge in [0.05, 0.1) is 18.8 Å². The molecule has 1 aliphatic carbocycles. The molecular formula is C55H110NO11P. The topological polar surface area (TPSA) is 206 Å². The number of amides is 1. The second kappa shape index (κ2) is 45.0. The van der Waals surface area contributed by atoms with Crippen LogP contribution in [0.25, 0.3) is 0 Å². The number of carbonyl (C=O) groups excluding carboxylic acids is 1. The van der Waals surface area contributed by atoms with E-state index in [-0.39, 0.29) is 12.3 Å². The van der Waals surface area contributed by atoms with E-state index in [0.29, 0.717) is 19.3 Å². The van der Waals surface area contributed by atoms with Gasteiger partial charge in [0.1, 0.15) is 36.6 Å². The molecule has 68 heavy (non-hydrogen) atoms. The van der Waals surface area contributed by atoms with Gasteiger partial charge in [-0.25, -0.2) is 4.57 Å². The van der Waals surface area contributed by atoms with Gasteiger partial charge in [-0.1, -0.05) is 271 Å². The lowest BCUT2D eigenvalue weighted by molar-refractivity contribution is -0.220. The minimum atomic E-state index is -5.05. The van der Waals surface area contributed by atoms with Crippen LogP contribution < -0.4 is 5.32 Å². The number of nitrogens with one attached hydrogen (secondary N) is 1. The van der Waals surface area contributed by atoms with Gasteiger partial charge in [0.25, 0.3) is 0 Å². The van der Waals surface area contributed by atoms with Crippen LogP contribution >= 0.6 is 7.82 Å². The normalized spacial score (nSPS) is 21.5. The molecule has 0 saturated heterocycles. The molecule has 0 spiro atoms. The van der Waals surface area contributed by atoms with Crippen LogP contribution in [-0.2, 0) is 18.4 Å². The molecule has 13 heteroatoms. The summed E-state index contributed by atoms with van der Waals surface area (Å²) in [6.45, 7) is 3.91.